The molecule has 1 atom stereocenters. The molecule has 1 aliphatic rings. The molecule has 1 amide bonds. The number of nitrogens with zero attached hydrogens (tertiary/aromatic N) is 5. The molecular weight excluding hydrogens is 402 g/mol. The summed E-state index contributed by atoms with van der Waals surface area (Å²) >= 11 is 6.43. The second-order valence-corrected chi connectivity index (χ2v) is 9.12. The molecule has 4 heterocycles. The Morgan fingerprint density at radius 2 is 2.13 bits per heavy atom. The van der Waals surface area contributed by atoms with Gasteiger partial charge in [0.15, 0.2) is 5.82 Å². The van der Waals surface area contributed by atoms with Gasteiger partial charge in [-0.25, -0.2) is 19.3 Å². The monoisotopic (exact) mass is 427 g/mol. The molecule has 0 bridgehead atoms. The average Bonchev–Trinajstić information content (AvgIpc) is 3.13. The number of rotatable bonds is 3. The Labute approximate surface area is 181 Å². The van der Waals surface area contributed by atoms with Gasteiger partial charge in [-0.2, -0.15) is 5.10 Å². The highest BCUT2D eigenvalue weighted by Crippen LogP contribution is 2.27. The zero-order valence-corrected chi connectivity index (χ0v) is 18.3. The third-order valence-corrected chi connectivity index (χ3v) is 5.45. The van der Waals surface area contributed by atoms with Gasteiger partial charge in [0, 0.05) is 25.5 Å². The first-order chi connectivity index (χ1) is 14.3. The van der Waals surface area contributed by atoms with Crippen molar-refractivity contribution in [3.8, 4) is 11.4 Å². The Kier molecular flexibility index (Phi) is 5.64. The molecular formula is C22H26ClN5O2. The van der Waals surface area contributed by atoms with Crippen molar-refractivity contribution >= 4 is 23.2 Å². The maximum Gasteiger partial charge on any atom is 0.410 e. The van der Waals surface area contributed by atoms with Crippen molar-refractivity contribution in [2.24, 2.45) is 5.92 Å². The molecule has 7 nitrogen and oxygen atoms in total. The molecule has 1 fully saturated rings. The van der Waals surface area contributed by atoms with Gasteiger partial charge in [-0.3, -0.25) is 0 Å². The Morgan fingerprint density at radius 1 is 1.30 bits per heavy atom. The lowest BCUT2D eigenvalue weighted by molar-refractivity contribution is 0.0165. The molecule has 0 aromatic carbocycles. The summed E-state index contributed by atoms with van der Waals surface area (Å²) < 4.78 is 7.33. The van der Waals surface area contributed by atoms with E-state index in [4.69, 9.17) is 21.3 Å². The normalized spacial score (nSPS) is 17.3. The van der Waals surface area contributed by atoms with Crippen LogP contribution in [0.3, 0.4) is 0 Å². The predicted molar refractivity (Wildman–Crippen MR) is 115 cm³/mol. The Morgan fingerprint density at radius 3 is 2.93 bits per heavy atom. The number of pyridine rings is 1. The molecule has 8 heteroatoms. The van der Waals surface area contributed by atoms with E-state index in [2.05, 4.69) is 10.1 Å². The molecule has 0 aliphatic carbocycles. The minimum Gasteiger partial charge on any atom is -0.444 e. The molecule has 0 N–H and O–H groups in total. The lowest BCUT2D eigenvalue weighted by Crippen LogP contribution is -2.43. The fraction of sp³-hybridized carbons (Fsp3) is 0.455. The van der Waals surface area contributed by atoms with Crippen LogP contribution in [0.5, 0.6) is 0 Å². The fourth-order valence-electron chi connectivity index (χ4n) is 3.78. The van der Waals surface area contributed by atoms with E-state index in [1.165, 1.54) is 0 Å². The predicted octanol–water partition coefficient (Wildman–Crippen LogP) is 4.63. The summed E-state index contributed by atoms with van der Waals surface area (Å²) in [5, 5.41) is 4.91. The van der Waals surface area contributed by atoms with Crippen LogP contribution in [0.2, 0.25) is 5.02 Å². The van der Waals surface area contributed by atoms with Crippen LogP contribution < -0.4 is 0 Å². The van der Waals surface area contributed by atoms with E-state index in [0.29, 0.717) is 23.8 Å². The largest absolute Gasteiger partial charge is 0.444 e. The molecule has 1 aliphatic heterocycles. The van der Waals surface area contributed by atoms with Gasteiger partial charge >= 0.3 is 6.09 Å². The number of aromatic nitrogens is 4. The number of piperidine rings is 1. The van der Waals surface area contributed by atoms with Gasteiger partial charge in [0.05, 0.1) is 28.0 Å². The smallest absolute Gasteiger partial charge is 0.410 e. The number of amides is 1. The summed E-state index contributed by atoms with van der Waals surface area (Å²) in [6.07, 6.45) is 7.70. The minimum atomic E-state index is -0.497. The second kappa shape index (κ2) is 8.22. The molecule has 158 valence electrons. The van der Waals surface area contributed by atoms with Gasteiger partial charge in [-0.05, 0) is 58.1 Å². The van der Waals surface area contributed by atoms with Crippen molar-refractivity contribution in [2.45, 2.75) is 45.6 Å². The quantitative estimate of drug-likeness (QED) is 0.609. The number of carbonyl (C=O) groups is 1. The van der Waals surface area contributed by atoms with Crippen molar-refractivity contribution in [1.29, 1.82) is 0 Å². The number of halogens is 1. The molecule has 4 rings (SSSR count). The molecule has 0 saturated carbocycles. The van der Waals surface area contributed by atoms with Crippen molar-refractivity contribution in [2.75, 3.05) is 13.1 Å². The molecule has 0 spiro atoms. The highest BCUT2D eigenvalue weighted by molar-refractivity contribution is 6.31. The number of carbonyl (C=O) groups excluding carboxylic acids is 1. The van der Waals surface area contributed by atoms with Crippen LogP contribution in [0.15, 0.2) is 36.8 Å². The van der Waals surface area contributed by atoms with E-state index in [9.17, 15) is 4.79 Å². The molecule has 30 heavy (non-hydrogen) atoms. The fourth-order valence-corrected chi connectivity index (χ4v) is 3.95. The van der Waals surface area contributed by atoms with E-state index in [0.717, 1.165) is 36.2 Å². The van der Waals surface area contributed by atoms with Crippen molar-refractivity contribution in [3.63, 3.8) is 0 Å². The van der Waals surface area contributed by atoms with E-state index < -0.39 is 5.60 Å². The zero-order chi connectivity index (χ0) is 21.3. The zero-order valence-electron chi connectivity index (χ0n) is 17.5. The van der Waals surface area contributed by atoms with Gasteiger partial charge in [-0.15, -0.1) is 0 Å². The standard InChI is InChI=1S/C22H26ClN5O2/c1-22(2,3)30-21(29)27-9-6-7-15(14-27)11-18-17(23)13-24-20(26-18)16-12-25-28-10-5-4-8-19(16)28/h4-5,8,10,12-13,15H,6-7,9,11,14H2,1-3H3/t15-/m0/s1. The molecule has 0 radical (unpaired) electrons. The van der Waals surface area contributed by atoms with Crippen molar-refractivity contribution < 1.29 is 9.53 Å². The van der Waals surface area contributed by atoms with Gasteiger partial charge in [0.1, 0.15) is 5.60 Å². The third kappa shape index (κ3) is 4.56. The number of likely N-dealkylation sites (tertiary alicyclic amines) is 1. The van der Waals surface area contributed by atoms with Crippen LogP contribution >= 0.6 is 11.6 Å². The maximum atomic E-state index is 12.5. The molecule has 0 unspecified atom stereocenters. The first-order valence-electron chi connectivity index (χ1n) is 10.2. The number of hydrogen-bond acceptors (Lipinski definition) is 5. The van der Waals surface area contributed by atoms with Crippen molar-refractivity contribution in [3.05, 3.63) is 47.5 Å². The maximum absolute atomic E-state index is 12.5. The summed E-state index contributed by atoms with van der Waals surface area (Å²) in [6, 6.07) is 5.88. The summed E-state index contributed by atoms with van der Waals surface area (Å²) in [5.41, 5.74) is 2.11. The molecule has 3 aromatic heterocycles. The van der Waals surface area contributed by atoms with E-state index in [-0.39, 0.29) is 12.0 Å². The average molecular weight is 428 g/mol. The Balaban J connectivity index is 1.52. The number of fused-ring (bicyclic) bond motifs is 1. The van der Waals surface area contributed by atoms with Crippen molar-refractivity contribution in [1.82, 2.24) is 24.5 Å². The summed E-state index contributed by atoms with van der Waals surface area (Å²) in [6.45, 7) is 7.01. The van der Waals surface area contributed by atoms with Gasteiger partial charge in [0.2, 0.25) is 0 Å². The lowest BCUT2D eigenvalue weighted by Gasteiger charge is -2.34. The van der Waals surface area contributed by atoms with Crippen LogP contribution in [-0.4, -0.2) is 49.3 Å². The topological polar surface area (TPSA) is 72.6 Å². The van der Waals surface area contributed by atoms with Crippen LogP contribution in [0, 0.1) is 5.92 Å². The number of hydrogen-bond donors (Lipinski definition) is 0. The van der Waals surface area contributed by atoms with E-state index >= 15 is 0 Å². The second-order valence-electron chi connectivity index (χ2n) is 8.72. The van der Waals surface area contributed by atoms with Gasteiger partial charge < -0.3 is 9.64 Å². The van der Waals surface area contributed by atoms with Gasteiger partial charge in [0.25, 0.3) is 0 Å². The van der Waals surface area contributed by atoms with Crippen LogP contribution in [-0.2, 0) is 11.2 Å². The Hall–Kier alpha value is -2.67. The molecule has 3 aromatic rings. The Bertz CT molecular complexity index is 1060. The SMILES string of the molecule is CC(C)(C)OC(=O)N1CCC[C@@H](Cc2nc(-c3cnn4ccccc34)ncc2Cl)C1. The highest BCUT2D eigenvalue weighted by Gasteiger charge is 2.28. The van der Waals surface area contributed by atoms with Crippen LogP contribution in [0.1, 0.15) is 39.3 Å². The van der Waals surface area contributed by atoms with E-state index in [1.807, 2.05) is 45.2 Å². The first kappa shape index (κ1) is 20.6. The molecule has 1 saturated heterocycles. The minimum absolute atomic E-state index is 0.256. The van der Waals surface area contributed by atoms with Crippen LogP contribution in [0.4, 0.5) is 4.79 Å². The third-order valence-electron chi connectivity index (χ3n) is 5.14. The summed E-state index contributed by atoms with van der Waals surface area (Å²) in [4.78, 5) is 23.4. The lowest BCUT2D eigenvalue weighted by atomic mass is 9.93. The summed E-state index contributed by atoms with van der Waals surface area (Å²) in [7, 11) is 0. The number of ether oxygens (including phenoxy) is 1. The highest BCUT2D eigenvalue weighted by atomic mass is 35.5. The van der Waals surface area contributed by atoms with E-state index in [1.54, 1.807) is 21.8 Å². The van der Waals surface area contributed by atoms with Crippen LogP contribution in [0.25, 0.3) is 16.9 Å². The first-order valence-corrected chi connectivity index (χ1v) is 10.6. The van der Waals surface area contributed by atoms with Gasteiger partial charge in [-0.1, -0.05) is 17.7 Å². The summed E-state index contributed by atoms with van der Waals surface area (Å²) in [5.74, 6) is 0.880.